The molecule has 1 aliphatic carbocycles. The van der Waals surface area contributed by atoms with E-state index < -0.39 is 5.97 Å². The van der Waals surface area contributed by atoms with Crippen LogP contribution in [-0.2, 0) is 0 Å². The summed E-state index contributed by atoms with van der Waals surface area (Å²) in [5.74, 6) is -0.333. The Balaban J connectivity index is 1.60. The van der Waals surface area contributed by atoms with Crippen molar-refractivity contribution >= 4 is 34.7 Å². The van der Waals surface area contributed by atoms with Gasteiger partial charge in [0, 0.05) is 30.3 Å². The molecular weight excluding hydrogens is 458 g/mol. The van der Waals surface area contributed by atoms with E-state index in [0.29, 0.717) is 35.7 Å². The number of aryl methyl sites for hydroxylation is 1. The molecule has 0 radical (unpaired) electrons. The fraction of sp³-hybridized carbons (Fsp3) is 0.417. The van der Waals surface area contributed by atoms with Crippen LogP contribution in [0.3, 0.4) is 0 Å². The molecule has 3 aromatic heterocycles. The molecule has 1 saturated carbocycles. The lowest BCUT2D eigenvalue weighted by atomic mass is 10.1. The van der Waals surface area contributed by atoms with Gasteiger partial charge in [0.25, 0.3) is 5.56 Å². The molecule has 2 fully saturated rings. The van der Waals surface area contributed by atoms with Gasteiger partial charge in [-0.2, -0.15) is 0 Å². The van der Waals surface area contributed by atoms with Gasteiger partial charge in [-0.25, -0.2) is 14.8 Å². The number of aromatic nitrogens is 3. The molecule has 4 heterocycles. The number of aromatic carboxylic acids is 1. The minimum atomic E-state index is -1.19. The number of carboxylic acids is 1. The summed E-state index contributed by atoms with van der Waals surface area (Å²) in [5, 5.41) is 23.0. The van der Waals surface area contributed by atoms with Gasteiger partial charge in [0.05, 0.1) is 23.4 Å². The summed E-state index contributed by atoms with van der Waals surface area (Å²) in [5.41, 5.74) is 2.73. The Morgan fingerprint density at radius 1 is 1.26 bits per heavy atom. The zero-order valence-electron chi connectivity index (χ0n) is 19.1. The lowest BCUT2D eigenvalue weighted by Crippen LogP contribution is -2.39. The van der Waals surface area contributed by atoms with Gasteiger partial charge in [0.15, 0.2) is 5.69 Å². The second kappa shape index (κ2) is 8.25. The Morgan fingerprint density at radius 3 is 2.68 bits per heavy atom. The second-order valence-electron chi connectivity index (χ2n) is 9.34. The number of halogens is 1. The molecule has 2 aliphatic rings. The highest BCUT2D eigenvalue weighted by Crippen LogP contribution is 2.40. The smallest absolute Gasteiger partial charge is 0.356 e. The molecule has 1 saturated heterocycles. The van der Waals surface area contributed by atoms with E-state index in [1.54, 1.807) is 23.6 Å². The molecule has 2 unspecified atom stereocenters. The first-order chi connectivity index (χ1) is 16.1. The molecule has 2 bridgehead atoms. The Hall–Kier alpha value is -3.17. The first-order valence-corrected chi connectivity index (χ1v) is 11.7. The fourth-order valence-corrected chi connectivity index (χ4v) is 5.44. The molecule has 34 heavy (non-hydrogen) atoms. The monoisotopic (exact) mass is 483 g/mol. The van der Waals surface area contributed by atoms with E-state index in [2.05, 4.69) is 15.2 Å². The highest BCUT2D eigenvalue weighted by molar-refractivity contribution is 6.29. The van der Waals surface area contributed by atoms with Crippen molar-refractivity contribution in [1.82, 2.24) is 14.4 Å². The second-order valence-corrected chi connectivity index (χ2v) is 9.73. The maximum atomic E-state index is 13.4. The van der Waals surface area contributed by atoms with Crippen LogP contribution in [0.2, 0.25) is 5.15 Å². The molecule has 5 rings (SSSR count). The summed E-state index contributed by atoms with van der Waals surface area (Å²) in [6.07, 6.45) is 3.07. The number of nitrogens with one attached hydrogen (secondary N) is 1. The van der Waals surface area contributed by atoms with Crippen molar-refractivity contribution in [1.29, 1.82) is 0 Å². The van der Waals surface area contributed by atoms with E-state index in [0.717, 1.165) is 17.5 Å². The lowest BCUT2D eigenvalue weighted by molar-refractivity contribution is 0.0691. The molecule has 0 aromatic carbocycles. The van der Waals surface area contributed by atoms with Crippen LogP contribution in [0.5, 0.6) is 0 Å². The van der Waals surface area contributed by atoms with Gasteiger partial charge in [-0.15, -0.1) is 0 Å². The van der Waals surface area contributed by atoms with Crippen LogP contribution in [0.1, 0.15) is 53.0 Å². The van der Waals surface area contributed by atoms with Crippen LogP contribution in [-0.4, -0.2) is 49.2 Å². The summed E-state index contributed by atoms with van der Waals surface area (Å²) in [6.45, 7) is 6.26. The predicted octanol–water partition coefficient (Wildman–Crippen LogP) is 3.19. The Bertz CT molecular complexity index is 1370. The van der Waals surface area contributed by atoms with Gasteiger partial charge < -0.3 is 20.4 Å². The highest BCUT2D eigenvalue weighted by Gasteiger charge is 2.45. The van der Waals surface area contributed by atoms with Crippen molar-refractivity contribution in [2.24, 2.45) is 5.92 Å². The normalized spacial score (nSPS) is 22.4. The number of hydrogen-bond donors (Lipinski definition) is 3. The Kier molecular flexibility index (Phi) is 5.49. The van der Waals surface area contributed by atoms with E-state index in [1.165, 1.54) is 6.07 Å². The molecule has 9 nitrogen and oxygen atoms in total. The SMILES string of the molecule is Cc1cc([C@@H](C)Nc2ccc(Cl)nc2C(=O)O)c2nc(N3CC4CC3C[C@@H]4O)c(C)c(=O)n2c1. The number of nitrogens with zero attached hydrogens (tertiary/aromatic N) is 4. The van der Waals surface area contributed by atoms with Gasteiger partial charge >= 0.3 is 5.97 Å². The number of aliphatic hydroxyl groups is 1. The molecule has 4 atom stereocenters. The van der Waals surface area contributed by atoms with Crippen LogP contribution in [0.25, 0.3) is 5.65 Å². The standard InChI is InChI=1S/C24H26ClN5O4/c1-11-6-16(13(3)26-17-4-5-19(25)27-20(17)24(33)34)22-28-21(12(2)23(32)30(22)9-11)29-10-14-7-15(29)8-18(14)31/h4-6,9,13-15,18,26,31H,7-8,10H2,1-3H3,(H,33,34)/t13-,14?,15?,18+/m1/s1. The average molecular weight is 484 g/mol. The first-order valence-electron chi connectivity index (χ1n) is 11.3. The van der Waals surface area contributed by atoms with Gasteiger partial charge in [-0.05, 0) is 57.4 Å². The van der Waals surface area contributed by atoms with Crippen LogP contribution in [0.15, 0.2) is 29.2 Å². The van der Waals surface area contributed by atoms with Gasteiger partial charge in [-0.3, -0.25) is 9.20 Å². The van der Waals surface area contributed by atoms with E-state index in [-0.39, 0.29) is 40.5 Å². The molecule has 178 valence electrons. The maximum Gasteiger partial charge on any atom is 0.356 e. The Labute approximate surface area is 201 Å². The number of pyridine rings is 2. The van der Waals surface area contributed by atoms with Crippen LogP contribution in [0, 0.1) is 19.8 Å². The van der Waals surface area contributed by atoms with Gasteiger partial charge in [0.1, 0.15) is 16.6 Å². The third kappa shape index (κ3) is 3.69. The van der Waals surface area contributed by atoms with Crippen LogP contribution < -0.4 is 15.8 Å². The predicted molar refractivity (Wildman–Crippen MR) is 129 cm³/mol. The number of hydrogen-bond acceptors (Lipinski definition) is 7. The third-order valence-corrected chi connectivity index (χ3v) is 7.18. The first kappa shape index (κ1) is 22.6. The van der Waals surface area contributed by atoms with Crippen molar-refractivity contribution in [3.8, 4) is 0 Å². The number of anilines is 2. The highest BCUT2D eigenvalue weighted by atomic mass is 35.5. The number of rotatable bonds is 5. The average Bonchev–Trinajstić information content (AvgIpc) is 3.36. The van der Waals surface area contributed by atoms with E-state index >= 15 is 0 Å². The lowest BCUT2D eigenvalue weighted by Gasteiger charge is -2.31. The molecule has 1 aliphatic heterocycles. The van der Waals surface area contributed by atoms with Crippen molar-refractivity contribution in [2.45, 2.75) is 51.8 Å². The fourth-order valence-electron chi connectivity index (χ4n) is 5.29. The zero-order valence-corrected chi connectivity index (χ0v) is 19.9. The van der Waals surface area contributed by atoms with Crippen LogP contribution >= 0.6 is 11.6 Å². The summed E-state index contributed by atoms with van der Waals surface area (Å²) < 4.78 is 1.56. The number of aliphatic hydroxyl groups excluding tert-OH is 1. The summed E-state index contributed by atoms with van der Waals surface area (Å²) in [6, 6.07) is 4.85. The quantitative estimate of drug-likeness (QED) is 0.473. The molecule has 10 heteroatoms. The van der Waals surface area contributed by atoms with Crippen molar-refractivity contribution in [3.63, 3.8) is 0 Å². The number of fused-ring (bicyclic) bond motifs is 3. The summed E-state index contributed by atoms with van der Waals surface area (Å²) >= 11 is 5.89. The summed E-state index contributed by atoms with van der Waals surface area (Å²) in [7, 11) is 0. The minimum Gasteiger partial charge on any atom is -0.476 e. The van der Waals surface area contributed by atoms with Gasteiger partial charge in [-0.1, -0.05) is 11.6 Å². The third-order valence-electron chi connectivity index (χ3n) is 6.97. The molecule has 3 aromatic rings. The largest absolute Gasteiger partial charge is 0.476 e. The van der Waals surface area contributed by atoms with E-state index in [9.17, 15) is 19.8 Å². The number of carboxylic acid groups (broad SMARTS) is 1. The van der Waals surface area contributed by atoms with Crippen LogP contribution in [0.4, 0.5) is 11.5 Å². The number of piperidine rings is 1. The number of carbonyl (C=O) groups is 1. The Morgan fingerprint density at radius 2 is 2.03 bits per heavy atom. The van der Waals surface area contributed by atoms with Gasteiger partial charge in [0.2, 0.25) is 0 Å². The van der Waals surface area contributed by atoms with Crippen molar-refractivity contribution in [2.75, 3.05) is 16.8 Å². The van der Waals surface area contributed by atoms with E-state index in [4.69, 9.17) is 16.6 Å². The molecule has 0 spiro atoms. The zero-order chi connectivity index (χ0) is 24.3. The topological polar surface area (TPSA) is 120 Å². The van der Waals surface area contributed by atoms with E-state index in [1.807, 2.05) is 19.9 Å². The minimum absolute atomic E-state index is 0.0926. The summed E-state index contributed by atoms with van der Waals surface area (Å²) in [4.78, 5) is 36.1. The molecular formula is C24H26ClN5O4. The molecule has 3 N–H and O–H groups in total. The van der Waals surface area contributed by atoms with Crippen molar-refractivity contribution < 1.29 is 15.0 Å². The molecule has 0 amide bonds. The maximum absolute atomic E-state index is 13.4. The van der Waals surface area contributed by atoms with Crippen molar-refractivity contribution in [3.05, 3.63) is 62.3 Å².